The van der Waals surface area contributed by atoms with Crippen molar-refractivity contribution < 1.29 is 19.4 Å². The largest absolute Gasteiger partial charge is 0.465 e. The molecule has 2 heterocycles. The molecule has 0 spiro atoms. The minimum Gasteiger partial charge on any atom is -0.465 e. The van der Waals surface area contributed by atoms with Gasteiger partial charge in [0.25, 0.3) is 0 Å². The molecule has 3 rings (SSSR count). The van der Waals surface area contributed by atoms with Gasteiger partial charge < -0.3 is 14.7 Å². The summed E-state index contributed by atoms with van der Waals surface area (Å²) in [6, 6.07) is 7.52. The van der Waals surface area contributed by atoms with E-state index in [-0.39, 0.29) is 5.92 Å². The Bertz CT molecular complexity index is 800. The van der Waals surface area contributed by atoms with Gasteiger partial charge in [-0.05, 0) is 37.3 Å². The molecule has 0 bridgehead atoms. The fraction of sp³-hybridized carbons (Fsp3) is 0.421. The molecule has 0 atom stereocenters. The number of benzene rings is 1. The van der Waals surface area contributed by atoms with Crippen LogP contribution in [0.4, 0.5) is 15.3 Å². The molecule has 0 saturated carbocycles. The second-order valence-corrected chi connectivity index (χ2v) is 7.34. The maximum atomic E-state index is 12.2. The van der Waals surface area contributed by atoms with Crippen LogP contribution in [-0.4, -0.2) is 46.9 Å². The second-order valence-electron chi connectivity index (χ2n) is 6.48. The van der Waals surface area contributed by atoms with Gasteiger partial charge in [0, 0.05) is 24.0 Å². The lowest BCUT2D eigenvalue weighted by atomic mass is 9.98. The number of aryl methyl sites for hydroxylation is 1. The molecule has 0 unspecified atom stereocenters. The molecular weight excluding hydrogens is 366 g/mol. The van der Waals surface area contributed by atoms with Crippen molar-refractivity contribution in [2.24, 2.45) is 5.92 Å². The van der Waals surface area contributed by atoms with Crippen molar-refractivity contribution in [1.29, 1.82) is 0 Å². The van der Waals surface area contributed by atoms with E-state index in [0.29, 0.717) is 38.2 Å². The van der Waals surface area contributed by atoms with Crippen LogP contribution in [0.5, 0.6) is 0 Å². The van der Waals surface area contributed by atoms with Gasteiger partial charge in [-0.15, -0.1) is 11.3 Å². The highest BCUT2D eigenvalue weighted by atomic mass is 32.1. The number of hydrogen-bond donors (Lipinski definition) is 2. The highest BCUT2D eigenvalue weighted by Gasteiger charge is 2.23. The smallest absolute Gasteiger partial charge is 0.411 e. The van der Waals surface area contributed by atoms with Crippen LogP contribution in [-0.2, 0) is 11.2 Å². The molecule has 2 N–H and O–H groups in total. The number of amides is 2. The molecule has 7 nitrogen and oxygen atoms in total. The quantitative estimate of drug-likeness (QED) is 0.795. The first kappa shape index (κ1) is 19.2. The Morgan fingerprint density at radius 3 is 2.74 bits per heavy atom. The number of carbonyl (C=O) groups excluding carboxylic acids is 1. The van der Waals surface area contributed by atoms with Crippen LogP contribution in [0.1, 0.15) is 25.5 Å². The van der Waals surface area contributed by atoms with Gasteiger partial charge in [0.1, 0.15) is 5.01 Å². The van der Waals surface area contributed by atoms with Crippen molar-refractivity contribution in [2.75, 3.05) is 25.0 Å². The van der Waals surface area contributed by atoms with Gasteiger partial charge in [0.05, 0.1) is 18.0 Å². The summed E-state index contributed by atoms with van der Waals surface area (Å²) >= 11 is 1.55. The molecular formula is C19H23N3O4S. The Labute approximate surface area is 162 Å². The highest BCUT2D eigenvalue weighted by molar-refractivity contribution is 7.13. The number of carbonyl (C=O) groups is 2. The summed E-state index contributed by atoms with van der Waals surface area (Å²) in [6.45, 7) is 3.31. The first-order valence-corrected chi connectivity index (χ1v) is 9.90. The van der Waals surface area contributed by atoms with E-state index in [2.05, 4.69) is 17.2 Å². The molecule has 2 amide bonds. The summed E-state index contributed by atoms with van der Waals surface area (Å²) in [7, 11) is 0. The summed E-state index contributed by atoms with van der Waals surface area (Å²) in [4.78, 5) is 29.1. The molecule has 1 saturated heterocycles. The van der Waals surface area contributed by atoms with Crippen molar-refractivity contribution in [3.63, 3.8) is 0 Å². The third-order valence-electron chi connectivity index (χ3n) is 4.64. The number of rotatable bonds is 5. The van der Waals surface area contributed by atoms with E-state index in [1.54, 1.807) is 11.3 Å². The summed E-state index contributed by atoms with van der Waals surface area (Å²) < 4.78 is 5.37. The number of thiazole rings is 1. The predicted octanol–water partition coefficient (Wildman–Crippen LogP) is 4.31. The van der Waals surface area contributed by atoms with Gasteiger partial charge in [0.2, 0.25) is 0 Å². The minimum atomic E-state index is -0.892. The van der Waals surface area contributed by atoms with Gasteiger partial charge in [-0.25, -0.2) is 14.6 Å². The number of piperidine rings is 1. The van der Waals surface area contributed by atoms with Crippen LogP contribution in [0.3, 0.4) is 0 Å². The van der Waals surface area contributed by atoms with E-state index >= 15 is 0 Å². The number of anilines is 1. The lowest BCUT2D eigenvalue weighted by molar-refractivity contribution is 0.0948. The lowest BCUT2D eigenvalue weighted by Gasteiger charge is -2.29. The number of ether oxygens (including phenoxy) is 1. The van der Waals surface area contributed by atoms with Crippen LogP contribution in [0, 0.1) is 5.92 Å². The van der Waals surface area contributed by atoms with E-state index in [0.717, 1.165) is 22.7 Å². The molecule has 0 radical (unpaired) electrons. The van der Waals surface area contributed by atoms with Crippen molar-refractivity contribution in [2.45, 2.75) is 26.2 Å². The number of likely N-dealkylation sites (tertiary alicyclic amines) is 1. The Kier molecular flexibility index (Phi) is 6.28. The topological polar surface area (TPSA) is 91.8 Å². The number of para-hydroxylation sites is 1. The average molecular weight is 389 g/mol. The van der Waals surface area contributed by atoms with Gasteiger partial charge in [-0.2, -0.15) is 0 Å². The zero-order valence-corrected chi connectivity index (χ0v) is 16.0. The van der Waals surface area contributed by atoms with Crippen LogP contribution >= 0.6 is 11.3 Å². The zero-order valence-electron chi connectivity index (χ0n) is 15.2. The van der Waals surface area contributed by atoms with Crippen LogP contribution in [0.15, 0.2) is 29.6 Å². The third-order valence-corrected chi connectivity index (χ3v) is 5.57. The highest BCUT2D eigenvalue weighted by Crippen LogP contribution is 2.30. The van der Waals surface area contributed by atoms with E-state index in [4.69, 9.17) is 9.84 Å². The molecule has 2 aromatic rings. The van der Waals surface area contributed by atoms with E-state index < -0.39 is 12.2 Å². The molecule has 1 aromatic heterocycles. The molecule has 27 heavy (non-hydrogen) atoms. The Morgan fingerprint density at radius 2 is 2.07 bits per heavy atom. The first-order chi connectivity index (χ1) is 13.1. The molecule has 1 aliphatic rings. The zero-order chi connectivity index (χ0) is 19.2. The van der Waals surface area contributed by atoms with Crippen molar-refractivity contribution in [3.05, 3.63) is 35.3 Å². The van der Waals surface area contributed by atoms with Crippen molar-refractivity contribution in [1.82, 2.24) is 9.88 Å². The maximum absolute atomic E-state index is 12.2. The molecule has 8 heteroatoms. The number of hydrogen-bond acceptors (Lipinski definition) is 5. The standard InChI is InChI=1S/C19H23N3O4S/c1-2-14-12-27-17(20-14)15-5-3-4-6-16(15)21-18(23)26-11-13-7-9-22(10-8-13)19(24)25/h3-6,12-13H,2,7-11H2,1H3,(H,21,23)(H,24,25). The summed E-state index contributed by atoms with van der Waals surface area (Å²) in [5, 5.41) is 14.7. The normalized spacial score (nSPS) is 14.8. The number of aromatic nitrogens is 1. The number of carboxylic acid groups (broad SMARTS) is 1. The van der Waals surface area contributed by atoms with Crippen molar-refractivity contribution >= 4 is 29.2 Å². The van der Waals surface area contributed by atoms with E-state index in [9.17, 15) is 9.59 Å². The molecule has 1 aromatic carbocycles. The summed E-state index contributed by atoms with van der Waals surface area (Å²) in [5.41, 5.74) is 2.56. The molecule has 0 aliphatic carbocycles. The first-order valence-electron chi connectivity index (χ1n) is 9.02. The van der Waals surface area contributed by atoms with Crippen LogP contribution in [0.25, 0.3) is 10.6 Å². The van der Waals surface area contributed by atoms with Crippen LogP contribution in [0.2, 0.25) is 0 Å². The lowest BCUT2D eigenvalue weighted by Crippen LogP contribution is -2.38. The second kappa shape index (κ2) is 8.85. The summed E-state index contributed by atoms with van der Waals surface area (Å²) in [5.74, 6) is 0.188. The third kappa shape index (κ3) is 4.97. The van der Waals surface area contributed by atoms with Crippen molar-refractivity contribution in [3.8, 4) is 10.6 Å². The molecule has 144 valence electrons. The SMILES string of the molecule is CCc1csc(-c2ccccc2NC(=O)OCC2CCN(C(=O)O)CC2)n1. The Morgan fingerprint density at radius 1 is 1.33 bits per heavy atom. The monoisotopic (exact) mass is 389 g/mol. The Balaban J connectivity index is 1.55. The number of nitrogens with zero attached hydrogens (tertiary/aromatic N) is 2. The van der Waals surface area contributed by atoms with E-state index in [1.165, 1.54) is 4.90 Å². The maximum Gasteiger partial charge on any atom is 0.411 e. The summed E-state index contributed by atoms with van der Waals surface area (Å²) in [6.07, 6.45) is 0.881. The molecule has 1 aliphatic heterocycles. The fourth-order valence-electron chi connectivity index (χ4n) is 3.00. The Hall–Kier alpha value is -2.61. The van der Waals surface area contributed by atoms with E-state index in [1.807, 2.05) is 29.6 Å². The van der Waals surface area contributed by atoms with Gasteiger partial charge in [-0.1, -0.05) is 19.1 Å². The minimum absolute atomic E-state index is 0.188. The average Bonchev–Trinajstić information content (AvgIpc) is 3.16. The molecule has 1 fully saturated rings. The van der Waals surface area contributed by atoms with Gasteiger partial charge in [0.15, 0.2) is 0 Å². The van der Waals surface area contributed by atoms with Crippen LogP contribution < -0.4 is 5.32 Å². The fourth-order valence-corrected chi connectivity index (χ4v) is 3.94. The predicted molar refractivity (Wildman–Crippen MR) is 104 cm³/mol. The number of nitrogens with one attached hydrogen (secondary N) is 1. The van der Waals surface area contributed by atoms with Gasteiger partial charge in [-0.3, -0.25) is 5.32 Å². The van der Waals surface area contributed by atoms with Gasteiger partial charge >= 0.3 is 12.2 Å².